The molecule has 1 N–H and O–H groups in total. The second kappa shape index (κ2) is 15.1. The van der Waals surface area contributed by atoms with E-state index in [2.05, 4.69) is 70.8 Å². The summed E-state index contributed by atoms with van der Waals surface area (Å²) in [6.07, 6.45) is 0. The van der Waals surface area contributed by atoms with Gasteiger partial charge in [-0.1, -0.05) is 30.3 Å². The first-order valence-electron chi connectivity index (χ1n) is 10.7. The first kappa shape index (κ1) is 30.1. The van der Waals surface area contributed by atoms with Gasteiger partial charge in [-0.2, -0.15) is 5.56 Å². The number of nitrogens with one attached hydrogen (secondary N) is 1. The average molecular weight is 517 g/mol. The molecular formula is C25H38N4PZr. The number of hydrogen-bond acceptors (Lipinski definition) is 2. The van der Waals surface area contributed by atoms with E-state index in [4.69, 9.17) is 5.73 Å². The van der Waals surface area contributed by atoms with Gasteiger partial charge in [-0.05, 0) is 55.4 Å². The number of hydrogen-bond donors (Lipinski definition) is 0. The number of benzene rings is 2. The van der Waals surface area contributed by atoms with Crippen molar-refractivity contribution in [2.24, 2.45) is 0 Å². The van der Waals surface area contributed by atoms with E-state index in [-0.39, 0.29) is 26.2 Å². The fourth-order valence-electron chi connectivity index (χ4n) is 3.48. The van der Waals surface area contributed by atoms with Gasteiger partial charge in [-0.25, -0.2) is 5.45 Å². The van der Waals surface area contributed by atoms with Crippen LogP contribution in [0.25, 0.3) is 11.1 Å². The fourth-order valence-corrected chi connectivity index (χ4v) is 6.26. The summed E-state index contributed by atoms with van der Waals surface area (Å²) in [5, 5.41) is 11.1. The third-order valence-corrected chi connectivity index (χ3v) is 7.81. The van der Waals surface area contributed by atoms with Crippen LogP contribution in [0.2, 0.25) is 0 Å². The molecule has 0 atom stereocenters. The summed E-state index contributed by atoms with van der Waals surface area (Å²) in [5.41, 5.74) is 8.82. The minimum absolute atomic E-state index is 0. The minimum atomic E-state index is -0.975. The van der Waals surface area contributed by atoms with Crippen molar-refractivity contribution in [2.45, 2.75) is 79.6 Å². The Kier molecular flexibility index (Phi) is 14.6. The Bertz CT molecular complexity index is 700. The molecule has 0 saturated carbocycles. The van der Waals surface area contributed by atoms with E-state index in [9.17, 15) is 5.41 Å². The maximum absolute atomic E-state index is 11.1. The van der Waals surface area contributed by atoms with Crippen molar-refractivity contribution < 1.29 is 26.2 Å². The average Bonchev–Trinajstić information content (AvgIpc) is 2.67. The Balaban J connectivity index is 0.000000950. The Labute approximate surface area is 211 Å². The summed E-state index contributed by atoms with van der Waals surface area (Å²) >= 11 is 0. The van der Waals surface area contributed by atoms with Crippen LogP contribution in [0.1, 0.15) is 61.0 Å². The predicted molar refractivity (Wildman–Crippen MR) is 134 cm³/mol. The molecule has 6 heteroatoms. The van der Waals surface area contributed by atoms with Crippen molar-refractivity contribution in [1.29, 1.82) is 0 Å². The molecule has 0 amide bonds. The first-order valence-corrected chi connectivity index (χ1v) is 12.0. The van der Waals surface area contributed by atoms with Crippen molar-refractivity contribution in [1.82, 2.24) is 9.34 Å². The molecule has 1 radical (unpaired) electrons. The van der Waals surface area contributed by atoms with Gasteiger partial charge in [-0.15, -0.1) is 36.0 Å². The van der Waals surface area contributed by atoms with Crippen LogP contribution in [-0.2, 0) is 26.2 Å². The molecule has 0 heterocycles. The zero-order chi connectivity index (χ0) is 22.8. The molecule has 167 valence electrons. The van der Waals surface area contributed by atoms with E-state index >= 15 is 0 Å². The van der Waals surface area contributed by atoms with Crippen molar-refractivity contribution in [3.63, 3.8) is 0 Å². The van der Waals surface area contributed by atoms with Gasteiger partial charge in [0.25, 0.3) is 0 Å². The van der Waals surface area contributed by atoms with E-state index in [0.29, 0.717) is 35.3 Å². The summed E-state index contributed by atoms with van der Waals surface area (Å²) in [4.78, 5) is 0. The molecule has 2 rings (SSSR count). The number of rotatable bonds is 8. The molecule has 2 aromatic rings. The topological polar surface area (TPSA) is 52.6 Å². The quantitative estimate of drug-likeness (QED) is 0.205. The van der Waals surface area contributed by atoms with Gasteiger partial charge < -0.3 is 11.1 Å². The normalized spacial score (nSPS) is 11.3. The summed E-state index contributed by atoms with van der Waals surface area (Å²) in [6, 6.07) is 21.4. The van der Waals surface area contributed by atoms with Crippen LogP contribution in [0.4, 0.5) is 5.69 Å². The van der Waals surface area contributed by atoms with E-state index < -0.39 is 8.22 Å². The van der Waals surface area contributed by atoms with Gasteiger partial charge in [0.2, 0.25) is 0 Å². The zero-order valence-electron chi connectivity index (χ0n) is 20.3. The monoisotopic (exact) mass is 515 g/mol. The smallest absolute Gasteiger partial charge is 0.853 e. The van der Waals surface area contributed by atoms with Gasteiger partial charge in [-0.3, -0.25) is 9.34 Å². The van der Waals surface area contributed by atoms with Crippen LogP contribution in [0.3, 0.4) is 0 Å². The van der Waals surface area contributed by atoms with Crippen LogP contribution >= 0.6 is 8.22 Å². The molecule has 2 aromatic carbocycles. The molecule has 0 aliphatic carbocycles. The second-order valence-corrected chi connectivity index (χ2v) is 10.3. The van der Waals surface area contributed by atoms with Crippen LogP contribution in [0.15, 0.2) is 54.6 Å². The third kappa shape index (κ3) is 9.66. The van der Waals surface area contributed by atoms with Gasteiger partial charge in [0.15, 0.2) is 0 Å². The van der Waals surface area contributed by atoms with Gasteiger partial charge >= 0.3 is 26.2 Å². The SMILES string of the molecule is CC(C)N(C(C)C)P(C(=[N-])c1[c-]cccc1)N(C(C)C)C(C)C.[NH-]c1ccccc1.[Zr+3]. The molecule has 31 heavy (non-hydrogen) atoms. The molecule has 0 spiro atoms. The fraction of sp³-hybridized carbons (Fsp3) is 0.480. The van der Waals surface area contributed by atoms with Crippen LogP contribution in [0, 0.1) is 6.07 Å². The molecule has 0 aliphatic rings. The Morgan fingerprint density at radius 3 is 1.48 bits per heavy atom. The largest absolute Gasteiger partial charge is 3.00 e. The van der Waals surface area contributed by atoms with Gasteiger partial charge in [0.05, 0.1) is 0 Å². The zero-order valence-corrected chi connectivity index (χ0v) is 23.6. The van der Waals surface area contributed by atoms with Crippen molar-refractivity contribution >= 4 is 19.4 Å². The molecule has 0 unspecified atom stereocenters. The van der Waals surface area contributed by atoms with Crippen molar-refractivity contribution in [3.8, 4) is 0 Å². The summed E-state index contributed by atoms with van der Waals surface area (Å²) in [7, 11) is -0.975. The summed E-state index contributed by atoms with van der Waals surface area (Å²) in [6.45, 7) is 17.6. The van der Waals surface area contributed by atoms with Crippen LogP contribution < -0.4 is 0 Å². The molecule has 0 fully saturated rings. The van der Waals surface area contributed by atoms with Crippen molar-refractivity contribution in [2.75, 3.05) is 0 Å². The van der Waals surface area contributed by atoms with E-state index in [1.807, 2.05) is 42.5 Å². The predicted octanol–water partition coefficient (Wildman–Crippen LogP) is 7.72. The maximum Gasteiger partial charge on any atom is 3.00 e. The molecule has 0 aromatic heterocycles. The standard InChI is InChI=1S/C19H32N3P.C6H6N.Zr/c1-14(2)21(15(3)4)23(22(16(5)6)17(7)8)19(20)18-12-10-9-11-13-18;7-6-4-2-1-3-5-6;/h9-12,14-17H,1-8H3;1-5,7H;/q-2;-1;+3. The van der Waals surface area contributed by atoms with Gasteiger partial charge in [0.1, 0.15) is 0 Å². The third-order valence-electron chi connectivity index (χ3n) is 4.47. The van der Waals surface area contributed by atoms with E-state index in [1.54, 1.807) is 12.1 Å². The molecule has 0 bridgehead atoms. The molecule has 0 saturated heterocycles. The Morgan fingerprint density at radius 1 is 0.774 bits per heavy atom. The van der Waals surface area contributed by atoms with Crippen LogP contribution in [0.5, 0.6) is 0 Å². The number of nitrogens with zero attached hydrogens (tertiary/aromatic N) is 3. The van der Waals surface area contributed by atoms with E-state index in [0.717, 1.165) is 5.56 Å². The first-order chi connectivity index (χ1) is 14.1. The maximum atomic E-state index is 11.1. The molecule has 4 nitrogen and oxygen atoms in total. The minimum Gasteiger partial charge on any atom is -0.853 e. The van der Waals surface area contributed by atoms with Crippen molar-refractivity contribution in [3.05, 3.63) is 77.4 Å². The summed E-state index contributed by atoms with van der Waals surface area (Å²) < 4.78 is 4.87. The Hall–Kier alpha value is -0.857. The molecule has 0 aliphatic heterocycles. The molecular weight excluding hydrogens is 479 g/mol. The van der Waals surface area contributed by atoms with E-state index in [1.165, 1.54) is 0 Å². The Morgan fingerprint density at radius 2 is 1.19 bits per heavy atom. The van der Waals surface area contributed by atoms with Gasteiger partial charge in [0, 0.05) is 32.4 Å². The van der Waals surface area contributed by atoms with Crippen LogP contribution in [-0.4, -0.2) is 39.0 Å². The summed E-state index contributed by atoms with van der Waals surface area (Å²) in [5.74, 6) is 0. The second-order valence-electron chi connectivity index (χ2n) is 8.39.